The monoisotopic (exact) mass is 554 g/mol. The van der Waals surface area contributed by atoms with E-state index in [9.17, 15) is 22.8 Å². The van der Waals surface area contributed by atoms with Gasteiger partial charge in [0.2, 0.25) is 5.91 Å². The molecule has 1 saturated carbocycles. The number of primary amides is 1. The van der Waals surface area contributed by atoms with Crippen molar-refractivity contribution in [2.75, 3.05) is 5.75 Å². The highest BCUT2D eigenvalue weighted by Gasteiger charge is 2.52. The summed E-state index contributed by atoms with van der Waals surface area (Å²) in [5, 5.41) is 0. The Bertz CT molecular complexity index is 1330. The third-order valence-electron chi connectivity index (χ3n) is 7.73. The highest BCUT2D eigenvalue weighted by molar-refractivity contribution is 7.91. The van der Waals surface area contributed by atoms with Crippen LogP contribution in [0.2, 0.25) is 0 Å². The molecule has 2 bridgehead atoms. The van der Waals surface area contributed by atoms with Gasteiger partial charge in [-0.3, -0.25) is 14.5 Å². The van der Waals surface area contributed by atoms with E-state index in [1.165, 1.54) is 0 Å². The molecule has 2 aliphatic rings. The van der Waals surface area contributed by atoms with Crippen molar-refractivity contribution in [3.05, 3.63) is 54.1 Å². The van der Waals surface area contributed by atoms with Gasteiger partial charge >= 0.3 is 6.09 Å². The highest BCUT2D eigenvalue weighted by Crippen LogP contribution is 2.44. The first-order chi connectivity index (χ1) is 18.3. The molecule has 0 radical (unpaired) electrons. The molecule has 1 aliphatic carbocycles. The first kappa shape index (κ1) is 28.8. The number of benzene rings is 2. The zero-order valence-electron chi connectivity index (χ0n) is 23.1. The van der Waals surface area contributed by atoms with Crippen LogP contribution in [0, 0.1) is 11.8 Å². The van der Waals surface area contributed by atoms with Crippen LogP contribution in [0.5, 0.6) is 0 Å². The lowest BCUT2D eigenvalue weighted by Gasteiger charge is -2.36. The standard InChI is InChI=1S/C30H38N2O6S/c1-5-39(36,37)25-14-11-21(12-15-25)20-8-6-19(7-9-20)16-23(28(31)34)18-26(33)27-22-10-13-24(17-22)32(27)29(35)38-30(2,3)4/h6-9,11-12,14-15,22-24,27H,5,10,13,16-18H2,1-4H3,(H2,31,34)/t22-,23+,24+,27-/m0/s1. The molecule has 2 fully saturated rings. The lowest BCUT2D eigenvalue weighted by molar-refractivity contribution is -0.131. The molecule has 39 heavy (non-hydrogen) atoms. The predicted octanol–water partition coefficient (Wildman–Crippen LogP) is 4.54. The molecule has 1 saturated heterocycles. The van der Waals surface area contributed by atoms with Crippen LogP contribution in [0.3, 0.4) is 0 Å². The molecule has 4 rings (SSSR count). The minimum Gasteiger partial charge on any atom is -0.444 e. The van der Waals surface area contributed by atoms with Gasteiger partial charge in [-0.25, -0.2) is 13.2 Å². The molecule has 1 heterocycles. The number of nitrogens with two attached hydrogens (primary N) is 1. The molecule has 2 aromatic carbocycles. The largest absolute Gasteiger partial charge is 0.444 e. The molecule has 8 nitrogen and oxygen atoms in total. The van der Waals surface area contributed by atoms with E-state index in [1.54, 1.807) is 56.9 Å². The number of likely N-dealkylation sites (tertiary alicyclic amines) is 1. The number of Topliss-reactive ketones (excluding diaryl/α,β-unsaturated/α-hetero) is 1. The number of fused-ring (bicyclic) bond motifs is 2. The van der Waals surface area contributed by atoms with Gasteiger partial charge in [-0.15, -0.1) is 0 Å². The molecule has 2 amide bonds. The van der Waals surface area contributed by atoms with Gasteiger partial charge in [0.05, 0.1) is 16.7 Å². The third-order valence-corrected chi connectivity index (χ3v) is 9.48. The van der Waals surface area contributed by atoms with Crippen molar-refractivity contribution < 1.29 is 27.5 Å². The molecule has 1 aliphatic heterocycles. The summed E-state index contributed by atoms with van der Waals surface area (Å²) in [4.78, 5) is 40.7. The smallest absolute Gasteiger partial charge is 0.411 e. The average molecular weight is 555 g/mol. The van der Waals surface area contributed by atoms with Crippen molar-refractivity contribution in [3.8, 4) is 11.1 Å². The number of sulfone groups is 1. The van der Waals surface area contributed by atoms with E-state index in [1.807, 2.05) is 24.3 Å². The highest BCUT2D eigenvalue weighted by atomic mass is 32.2. The summed E-state index contributed by atoms with van der Waals surface area (Å²) in [6.45, 7) is 7.02. The van der Waals surface area contributed by atoms with Gasteiger partial charge in [0.1, 0.15) is 5.60 Å². The number of ether oxygens (including phenoxy) is 1. The predicted molar refractivity (Wildman–Crippen MR) is 149 cm³/mol. The normalized spacial score (nSPS) is 21.5. The molecular formula is C30H38N2O6S. The third kappa shape index (κ3) is 6.52. The SMILES string of the molecule is CCS(=O)(=O)c1ccc(-c2ccc(C[C@H](CC(=O)[C@@H]3[C@H]4CC[C@H](C4)N3C(=O)OC(C)(C)C)C(N)=O)cc2)cc1. The number of nitrogens with zero attached hydrogens (tertiary/aromatic N) is 1. The van der Waals surface area contributed by atoms with E-state index in [2.05, 4.69) is 0 Å². The number of hydrogen-bond acceptors (Lipinski definition) is 6. The number of hydrogen-bond donors (Lipinski definition) is 1. The van der Waals surface area contributed by atoms with Crippen LogP contribution in [-0.2, 0) is 30.6 Å². The molecule has 2 N–H and O–H groups in total. The van der Waals surface area contributed by atoms with Gasteiger partial charge in [-0.2, -0.15) is 0 Å². The number of ketones is 1. The van der Waals surface area contributed by atoms with Crippen LogP contribution in [0.4, 0.5) is 4.79 Å². The molecule has 2 aromatic rings. The van der Waals surface area contributed by atoms with Gasteiger partial charge < -0.3 is 10.5 Å². The van der Waals surface area contributed by atoms with E-state index in [-0.39, 0.29) is 29.9 Å². The Hall–Kier alpha value is -3.20. The zero-order chi connectivity index (χ0) is 28.5. The fourth-order valence-electron chi connectivity index (χ4n) is 5.76. The van der Waals surface area contributed by atoms with E-state index in [0.717, 1.165) is 36.0 Å². The number of amides is 2. The van der Waals surface area contributed by atoms with Crippen molar-refractivity contribution in [1.29, 1.82) is 0 Å². The lowest BCUT2D eigenvalue weighted by atomic mass is 9.87. The summed E-state index contributed by atoms with van der Waals surface area (Å²) >= 11 is 0. The second kappa shape index (κ2) is 11.1. The van der Waals surface area contributed by atoms with Gasteiger partial charge in [0.15, 0.2) is 15.6 Å². The van der Waals surface area contributed by atoms with E-state index in [4.69, 9.17) is 10.5 Å². The number of carbonyl (C=O) groups is 3. The fraction of sp³-hybridized carbons (Fsp3) is 0.500. The summed E-state index contributed by atoms with van der Waals surface area (Å²) in [6, 6.07) is 13.7. The summed E-state index contributed by atoms with van der Waals surface area (Å²) in [5.41, 5.74) is 7.69. The average Bonchev–Trinajstić information content (AvgIpc) is 3.50. The molecule has 0 unspecified atom stereocenters. The minimum atomic E-state index is -3.26. The molecule has 0 aromatic heterocycles. The van der Waals surface area contributed by atoms with Gasteiger partial charge in [-0.1, -0.05) is 43.3 Å². The summed E-state index contributed by atoms with van der Waals surface area (Å²) < 4.78 is 29.7. The van der Waals surface area contributed by atoms with Gasteiger partial charge in [-0.05, 0) is 81.2 Å². The Morgan fingerprint density at radius 3 is 2.13 bits per heavy atom. The van der Waals surface area contributed by atoms with Crippen LogP contribution < -0.4 is 5.73 Å². The Morgan fingerprint density at radius 2 is 1.59 bits per heavy atom. The van der Waals surface area contributed by atoms with E-state index in [0.29, 0.717) is 11.3 Å². The maximum Gasteiger partial charge on any atom is 0.411 e. The van der Waals surface area contributed by atoms with E-state index < -0.39 is 39.4 Å². The van der Waals surface area contributed by atoms with Crippen molar-refractivity contribution in [2.24, 2.45) is 17.6 Å². The summed E-state index contributed by atoms with van der Waals surface area (Å²) in [7, 11) is -3.26. The molecule has 4 atom stereocenters. The first-order valence-corrected chi connectivity index (χ1v) is 15.2. The molecule has 0 spiro atoms. The molecule has 210 valence electrons. The fourth-order valence-corrected chi connectivity index (χ4v) is 6.64. The lowest BCUT2D eigenvalue weighted by Crippen LogP contribution is -2.51. The number of rotatable bonds is 9. The van der Waals surface area contributed by atoms with Crippen molar-refractivity contribution in [2.45, 2.75) is 82.4 Å². The second-order valence-electron chi connectivity index (χ2n) is 11.7. The minimum absolute atomic E-state index is 0.00508. The van der Waals surface area contributed by atoms with Gasteiger partial charge in [0.25, 0.3) is 0 Å². The van der Waals surface area contributed by atoms with Crippen molar-refractivity contribution in [3.63, 3.8) is 0 Å². The Labute approximate surface area is 230 Å². The first-order valence-electron chi connectivity index (χ1n) is 13.5. The number of piperidine rings is 1. The Balaban J connectivity index is 1.44. The van der Waals surface area contributed by atoms with Crippen LogP contribution in [0.25, 0.3) is 11.1 Å². The summed E-state index contributed by atoms with van der Waals surface area (Å²) in [5.74, 6) is -1.25. The quantitative estimate of drug-likeness (QED) is 0.485. The van der Waals surface area contributed by atoms with Crippen LogP contribution in [0.1, 0.15) is 58.9 Å². The summed E-state index contributed by atoms with van der Waals surface area (Å²) in [6.07, 6.45) is 2.33. The zero-order valence-corrected chi connectivity index (χ0v) is 23.9. The Morgan fingerprint density at radius 1 is 1.00 bits per heavy atom. The van der Waals surface area contributed by atoms with Crippen molar-refractivity contribution in [1.82, 2.24) is 4.90 Å². The number of carbonyl (C=O) groups excluding carboxylic acids is 3. The van der Waals surface area contributed by atoms with Crippen LogP contribution in [0.15, 0.2) is 53.4 Å². The molecule has 9 heteroatoms. The van der Waals surface area contributed by atoms with Crippen LogP contribution in [-0.4, -0.2) is 54.5 Å². The van der Waals surface area contributed by atoms with Crippen LogP contribution >= 0.6 is 0 Å². The maximum atomic E-state index is 13.5. The Kier molecular flexibility index (Phi) is 8.21. The maximum absolute atomic E-state index is 13.5. The van der Waals surface area contributed by atoms with E-state index >= 15 is 0 Å². The topological polar surface area (TPSA) is 124 Å². The van der Waals surface area contributed by atoms with Crippen molar-refractivity contribution >= 4 is 27.6 Å². The second-order valence-corrected chi connectivity index (χ2v) is 13.9. The molecular weight excluding hydrogens is 516 g/mol. The van der Waals surface area contributed by atoms with Gasteiger partial charge in [0, 0.05) is 18.4 Å².